The molecule has 0 amide bonds. The molecule has 276 valence electrons. The lowest BCUT2D eigenvalue weighted by Gasteiger charge is -2.20. The number of unbranched alkanes of at least 4 members (excludes halogenated alkanes) is 19. The van der Waals surface area contributed by atoms with Crippen LogP contribution in [0.25, 0.3) is 0 Å². The molecule has 0 rings (SSSR count). The van der Waals surface area contributed by atoms with Crippen LogP contribution in [0.2, 0.25) is 0 Å². The van der Waals surface area contributed by atoms with Gasteiger partial charge in [0, 0.05) is 13.0 Å². The first-order chi connectivity index (χ1) is 22.4. The molecule has 8 heteroatoms. The minimum atomic E-state index is -3.28. The average molecular weight is 675 g/mol. The molecule has 0 fully saturated rings. The van der Waals surface area contributed by atoms with Crippen LogP contribution in [0.1, 0.15) is 194 Å². The van der Waals surface area contributed by atoms with Crippen LogP contribution in [0.15, 0.2) is 0 Å². The van der Waals surface area contributed by atoms with E-state index in [1.54, 1.807) is 0 Å². The van der Waals surface area contributed by atoms with Crippen LogP contribution in [0.4, 0.5) is 0 Å². The number of hydrogen-bond acceptors (Lipinski definition) is 6. The number of esters is 1. The van der Waals surface area contributed by atoms with E-state index in [4.69, 9.17) is 13.8 Å². The summed E-state index contributed by atoms with van der Waals surface area (Å²) in [4.78, 5) is 14.8. The molecule has 0 bridgehead atoms. The standard InChI is InChI=1S/C38H79N2O5P/c1-6-9-12-15-18-23-30-37(31-24-19-16-13-10-7-2)45-38(41)32-25-20-17-22-29-36-44-46(42,39-33-26-27-34-40(4)5)43-35-28-21-14-11-8-3/h37H,6-36H2,1-5H3,(H,39,42). The van der Waals surface area contributed by atoms with E-state index in [-0.39, 0.29) is 12.1 Å². The van der Waals surface area contributed by atoms with Gasteiger partial charge in [-0.25, -0.2) is 9.65 Å². The summed E-state index contributed by atoms with van der Waals surface area (Å²) in [6.07, 6.45) is 30.3. The quantitative estimate of drug-likeness (QED) is 0.0399. The van der Waals surface area contributed by atoms with E-state index in [2.05, 4.69) is 44.9 Å². The number of carbonyl (C=O) groups excluding carboxylic acids is 1. The normalized spacial score (nSPS) is 13.1. The first-order valence-corrected chi connectivity index (χ1v) is 21.4. The Bertz CT molecular complexity index is 678. The van der Waals surface area contributed by atoms with Crippen molar-refractivity contribution in [2.75, 3.05) is 40.4 Å². The molecule has 1 unspecified atom stereocenters. The zero-order valence-corrected chi connectivity index (χ0v) is 32.3. The molecule has 46 heavy (non-hydrogen) atoms. The highest BCUT2D eigenvalue weighted by molar-refractivity contribution is 7.51. The number of nitrogens with one attached hydrogen (secondary N) is 1. The summed E-state index contributed by atoms with van der Waals surface area (Å²) < 4.78 is 30.9. The van der Waals surface area contributed by atoms with Crippen molar-refractivity contribution in [1.82, 2.24) is 9.99 Å². The molecule has 0 radical (unpaired) electrons. The van der Waals surface area contributed by atoms with E-state index in [0.29, 0.717) is 26.2 Å². The lowest BCUT2D eigenvalue weighted by atomic mass is 10.0. The molecule has 0 aromatic rings. The molecule has 0 spiro atoms. The van der Waals surface area contributed by atoms with E-state index in [1.807, 2.05) is 0 Å². The molecule has 0 saturated heterocycles. The summed E-state index contributed by atoms with van der Waals surface area (Å²) in [5.74, 6) is -0.0188. The highest BCUT2D eigenvalue weighted by Crippen LogP contribution is 2.44. The molecule has 0 saturated carbocycles. The van der Waals surface area contributed by atoms with E-state index >= 15 is 0 Å². The van der Waals surface area contributed by atoms with Gasteiger partial charge in [0.25, 0.3) is 0 Å². The van der Waals surface area contributed by atoms with Gasteiger partial charge < -0.3 is 9.64 Å². The Kier molecular flexibility index (Phi) is 34.1. The van der Waals surface area contributed by atoms with E-state index in [0.717, 1.165) is 77.2 Å². The smallest absolute Gasteiger partial charge is 0.405 e. The summed E-state index contributed by atoms with van der Waals surface area (Å²) in [5.41, 5.74) is 0. The van der Waals surface area contributed by atoms with Crippen LogP contribution in [-0.2, 0) is 23.1 Å². The monoisotopic (exact) mass is 675 g/mol. The first kappa shape index (κ1) is 45.5. The Balaban J connectivity index is 4.32. The molecule has 1 atom stereocenters. The topological polar surface area (TPSA) is 77.1 Å². The van der Waals surface area contributed by atoms with E-state index in [9.17, 15) is 9.36 Å². The third kappa shape index (κ3) is 32.1. The minimum Gasteiger partial charge on any atom is -0.462 e. The lowest BCUT2D eigenvalue weighted by molar-refractivity contribution is -0.150. The van der Waals surface area contributed by atoms with Crippen LogP contribution in [0, 0.1) is 0 Å². The highest BCUT2D eigenvalue weighted by Gasteiger charge is 2.23. The van der Waals surface area contributed by atoms with Crippen molar-refractivity contribution in [3.63, 3.8) is 0 Å². The van der Waals surface area contributed by atoms with Gasteiger partial charge in [-0.15, -0.1) is 0 Å². The fraction of sp³-hybridized carbons (Fsp3) is 0.974. The summed E-state index contributed by atoms with van der Waals surface area (Å²) in [6.45, 7) is 9.27. The molecule has 0 aliphatic rings. The van der Waals surface area contributed by atoms with Crippen molar-refractivity contribution < 1.29 is 23.1 Å². The van der Waals surface area contributed by atoms with Crippen molar-refractivity contribution in [3.05, 3.63) is 0 Å². The highest BCUT2D eigenvalue weighted by atomic mass is 31.2. The maximum Gasteiger partial charge on any atom is 0.405 e. The number of hydrogen-bond donors (Lipinski definition) is 1. The molecule has 0 aromatic carbocycles. The maximum absolute atomic E-state index is 13.3. The van der Waals surface area contributed by atoms with Crippen molar-refractivity contribution in [1.29, 1.82) is 0 Å². The van der Waals surface area contributed by atoms with Gasteiger partial charge in [-0.05, 0) is 78.4 Å². The minimum absolute atomic E-state index is 0.0188. The second kappa shape index (κ2) is 34.4. The van der Waals surface area contributed by atoms with Gasteiger partial charge >= 0.3 is 13.7 Å². The Morgan fingerprint density at radius 2 is 1.02 bits per heavy atom. The third-order valence-electron chi connectivity index (χ3n) is 8.69. The van der Waals surface area contributed by atoms with Crippen LogP contribution < -0.4 is 5.09 Å². The summed E-state index contributed by atoms with van der Waals surface area (Å²) >= 11 is 0. The largest absolute Gasteiger partial charge is 0.462 e. The maximum atomic E-state index is 13.3. The molecule has 0 aromatic heterocycles. The Hall–Kier alpha value is -0.460. The lowest BCUT2D eigenvalue weighted by Crippen LogP contribution is -2.19. The van der Waals surface area contributed by atoms with Gasteiger partial charge in [0.2, 0.25) is 0 Å². The van der Waals surface area contributed by atoms with Gasteiger partial charge in [-0.3, -0.25) is 13.8 Å². The first-order valence-electron chi connectivity index (χ1n) is 19.8. The molecule has 1 N–H and O–H groups in total. The van der Waals surface area contributed by atoms with Crippen LogP contribution >= 0.6 is 7.75 Å². The van der Waals surface area contributed by atoms with Crippen molar-refractivity contribution in [2.45, 2.75) is 200 Å². The van der Waals surface area contributed by atoms with Gasteiger partial charge in [-0.1, -0.05) is 130 Å². The van der Waals surface area contributed by atoms with Crippen LogP contribution in [0.3, 0.4) is 0 Å². The summed E-state index contributed by atoms with van der Waals surface area (Å²) in [6, 6.07) is 0. The number of rotatable bonds is 37. The number of ether oxygens (including phenoxy) is 1. The third-order valence-corrected chi connectivity index (χ3v) is 10.3. The zero-order valence-electron chi connectivity index (χ0n) is 31.4. The van der Waals surface area contributed by atoms with Crippen molar-refractivity contribution in [2.24, 2.45) is 0 Å². The van der Waals surface area contributed by atoms with Gasteiger partial charge in [0.1, 0.15) is 6.10 Å². The predicted octanol–water partition coefficient (Wildman–Crippen LogP) is 11.8. The van der Waals surface area contributed by atoms with Gasteiger partial charge in [0.15, 0.2) is 0 Å². The fourth-order valence-corrected chi connectivity index (χ4v) is 7.11. The van der Waals surface area contributed by atoms with Gasteiger partial charge in [0.05, 0.1) is 13.2 Å². The molecule has 0 heterocycles. The predicted molar refractivity (Wildman–Crippen MR) is 198 cm³/mol. The van der Waals surface area contributed by atoms with Crippen LogP contribution in [0.5, 0.6) is 0 Å². The SMILES string of the molecule is CCCCCCCCC(CCCCCCCC)OC(=O)CCCCCCCOP(=O)(NCCCCN(C)C)OCCCCCCC. The van der Waals surface area contributed by atoms with Gasteiger partial charge in [-0.2, -0.15) is 0 Å². The van der Waals surface area contributed by atoms with Crippen LogP contribution in [-0.4, -0.2) is 57.4 Å². The fourth-order valence-electron chi connectivity index (χ4n) is 5.69. The Labute approximate surface area is 287 Å². The average Bonchev–Trinajstić information content (AvgIpc) is 3.03. The van der Waals surface area contributed by atoms with E-state index in [1.165, 1.54) is 96.3 Å². The second-order valence-electron chi connectivity index (χ2n) is 13.7. The van der Waals surface area contributed by atoms with Crippen molar-refractivity contribution >= 4 is 13.7 Å². The molecular formula is C38H79N2O5P. The van der Waals surface area contributed by atoms with E-state index < -0.39 is 7.75 Å². The zero-order chi connectivity index (χ0) is 34.0. The molecule has 0 aliphatic heterocycles. The Morgan fingerprint density at radius 3 is 1.50 bits per heavy atom. The number of carbonyl (C=O) groups is 1. The summed E-state index contributed by atoms with van der Waals surface area (Å²) in [5, 5.41) is 3.10. The molecular weight excluding hydrogens is 595 g/mol. The summed E-state index contributed by atoms with van der Waals surface area (Å²) in [7, 11) is 0.856. The number of nitrogens with zero attached hydrogens (tertiary/aromatic N) is 1. The molecule has 0 aliphatic carbocycles. The Morgan fingerprint density at radius 1 is 0.587 bits per heavy atom. The second-order valence-corrected chi connectivity index (χ2v) is 15.6. The molecule has 7 nitrogen and oxygen atoms in total. The van der Waals surface area contributed by atoms with Crippen molar-refractivity contribution in [3.8, 4) is 0 Å².